The van der Waals surface area contributed by atoms with Gasteiger partial charge in [0.1, 0.15) is 11.6 Å². The van der Waals surface area contributed by atoms with Gasteiger partial charge in [-0.3, -0.25) is 4.79 Å². The third kappa shape index (κ3) is 2.30. The Morgan fingerprint density at radius 1 is 1.50 bits per heavy atom. The Labute approximate surface area is 92.8 Å². The fraction of sp³-hybridized carbons (Fsp3) is 0.444. The second kappa shape index (κ2) is 4.21. The van der Waals surface area contributed by atoms with Crippen LogP contribution in [0, 0.1) is 0 Å². The molecular formula is C9H14N6O. The normalized spacial score (nSPS) is 19.3. The highest BCUT2D eigenvalue weighted by molar-refractivity contribution is 5.79. The third-order valence-corrected chi connectivity index (χ3v) is 2.33. The van der Waals surface area contributed by atoms with Crippen LogP contribution in [0.2, 0.25) is 0 Å². The summed E-state index contributed by atoms with van der Waals surface area (Å²) in [5.74, 6) is 1.52. The van der Waals surface area contributed by atoms with Crippen molar-refractivity contribution in [2.75, 3.05) is 30.0 Å². The molecule has 16 heavy (non-hydrogen) atoms. The average molecular weight is 222 g/mol. The Bertz CT molecular complexity index is 407. The van der Waals surface area contributed by atoms with Crippen LogP contribution in [-0.2, 0) is 4.79 Å². The zero-order valence-corrected chi connectivity index (χ0v) is 8.95. The summed E-state index contributed by atoms with van der Waals surface area (Å²) in [4.78, 5) is 19.0. The van der Waals surface area contributed by atoms with Gasteiger partial charge in [0.05, 0.1) is 6.04 Å². The molecule has 0 aliphatic carbocycles. The summed E-state index contributed by atoms with van der Waals surface area (Å²) in [5.41, 5.74) is 5.55. The van der Waals surface area contributed by atoms with Gasteiger partial charge in [-0.15, -0.1) is 0 Å². The lowest BCUT2D eigenvalue weighted by atomic mass is 10.2. The quantitative estimate of drug-likeness (QED) is 0.544. The Hall–Kier alpha value is -2.05. The molecule has 0 aromatic carbocycles. The molecule has 1 atom stereocenters. The molecule has 0 radical (unpaired) electrons. The second-order valence-corrected chi connectivity index (χ2v) is 3.60. The highest BCUT2D eigenvalue weighted by atomic mass is 16.1. The van der Waals surface area contributed by atoms with E-state index >= 15 is 0 Å². The van der Waals surface area contributed by atoms with E-state index in [0.717, 1.165) is 0 Å². The van der Waals surface area contributed by atoms with Crippen LogP contribution >= 0.6 is 0 Å². The van der Waals surface area contributed by atoms with Gasteiger partial charge in [0.2, 0.25) is 11.9 Å². The van der Waals surface area contributed by atoms with E-state index in [1.54, 1.807) is 13.1 Å². The molecule has 1 unspecified atom stereocenters. The third-order valence-electron chi connectivity index (χ3n) is 2.33. The standard InChI is InChI=1S/C9H14N6O/c1-11-6-3-7(15-9(10)14-6)13-5-2-8(16)12-4-5/h3,5H,2,4H2,1H3,(H,12,16)(H4,10,11,13,14,15). The Morgan fingerprint density at radius 3 is 2.88 bits per heavy atom. The van der Waals surface area contributed by atoms with E-state index in [1.165, 1.54) is 0 Å². The Morgan fingerprint density at radius 2 is 2.25 bits per heavy atom. The molecule has 5 N–H and O–H groups in total. The number of nitrogen functional groups attached to an aromatic ring is 1. The Kier molecular flexibility index (Phi) is 2.76. The van der Waals surface area contributed by atoms with Crippen molar-refractivity contribution in [3.05, 3.63) is 6.07 Å². The average Bonchev–Trinajstić information content (AvgIpc) is 2.63. The van der Waals surface area contributed by atoms with Crippen LogP contribution in [0.15, 0.2) is 6.07 Å². The van der Waals surface area contributed by atoms with Crippen LogP contribution in [0.4, 0.5) is 17.6 Å². The molecule has 1 aromatic heterocycles. The van der Waals surface area contributed by atoms with Crippen LogP contribution in [-0.4, -0.2) is 35.5 Å². The Balaban J connectivity index is 2.08. The molecule has 1 amide bonds. The first-order chi connectivity index (χ1) is 7.67. The second-order valence-electron chi connectivity index (χ2n) is 3.60. The molecule has 2 rings (SSSR count). The minimum atomic E-state index is 0.0494. The van der Waals surface area contributed by atoms with Gasteiger partial charge in [0.25, 0.3) is 0 Å². The minimum absolute atomic E-state index is 0.0494. The van der Waals surface area contributed by atoms with Gasteiger partial charge in [-0.1, -0.05) is 0 Å². The molecule has 1 fully saturated rings. The summed E-state index contributed by atoms with van der Waals surface area (Å²) >= 11 is 0. The topological polar surface area (TPSA) is 105 Å². The largest absolute Gasteiger partial charge is 0.373 e. The summed E-state index contributed by atoms with van der Waals surface area (Å²) in [5, 5.41) is 8.76. The van der Waals surface area contributed by atoms with Crippen LogP contribution in [0.3, 0.4) is 0 Å². The molecule has 0 spiro atoms. The van der Waals surface area contributed by atoms with E-state index in [-0.39, 0.29) is 17.9 Å². The van der Waals surface area contributed by atoms with Gasteiger partial charge in [0, 0.05) is 26.1 Å². The molecule has 86 valence electrons. The van der Waals surface area contributed by atoms with Crippen LogP contribution in [0.1, 0.15) is 6.42 Å². The van der Waals surface area contributed by atoms with Gasteiger partial charge in [-0.25, -0.2) is 0 Å². The number of nitrogens with one attached hydrogen (secondary N) is 3. The van der Waals surface area contributed by atoms with Crippen LogP contribution < -0.4 is 21.7 Å². The number of anilines is 3. The molecule has 1 aromatic rings. The van der Waals surface area contributed by atoms with Crippen molar-refractivity contribution < 1.29 is 4.79 Å². The maximum Gasteiger partial charge on any atom is 0.223 e. The van der Waals surface area contributed by atoms with Crippen molar-refractivity contribution in [2.45, 2.75) is 12.5 Å². The lowest BCUT2D eigenvalue weighted by Gasteiger charge is -2.12. The molecule has 1 saturated heterocycles. The first kappa shape index (κ1) is 10.5. The molecule has 7 heteroatoms. The van der Waals surface area contributed by atoms with Crippen molar-refractivity contribution in [1.29, 1.82) is 0 Å². The smallest absolute Gasteiger partial charge is 0.223 e. The molecule has 0 saturated carbocycles. The van der Waals surface area contributed by atoms with E-state index < -0.39 is 0 Å². The monoisotopic (exact) mass is 222 g/mol. The van der Waals surface area contributed by atoms with Crippen molar-refractivity contribution >= 4 is 23.5 Å². The lowest BCUT2D eigenvalue weighted by molar-refractivity contribution is -0.119. The predicted octanol–water partition coefficient (Wildman–Crippen LogP) is -0.599. The molecule has 7 nitrogen and oxygen atoms in total. The van der Waals surface area contributed by atoms with E-state index in [4.69, 9.17) is 5.73 Å². The number of carbonyl (C=O) groups excluding carboxylic acids is 1. The number of amides is 1. The summed E-state index contributed by atoms with van der Waals surface area (Å²) < 4.78 is 0. The molecule has 2 heterocycles. The summed E-state index contributed by atoms with van der Waals surface area (Å²) in [6.07, 6.45) is 0.457. The summed E-state index contributed by atoms with van der Waals surface area (Å²) in [6, 6.07) is 1.81. The zero-order valence-electron chi connectivity index (χ0n) is 8.95. The van der Waals surface area contributed by atoms with Gasteiger partial charge in [-0.05, 0) is 0 Å². The maximum absolute atomic E-state index is 11.0. The van der Waals surface area contributed by atoms with E-state index in [2.05, 4.69) is 25.9 Å². The summed E-state index contributed by atoms with van der Waals surface area (Å²) in [6.45, 7) is 0.609. The van der Waals surface area contributed by atoms with Crippen molar-refractivity contribution in [3.8, 4) is 0 Å². The first-order valence-electron chi connectivity index (χ1n) is 5.03. The maximum atomic E-state index is 11.0. The van der Waals surface area contributed by atoms with E-state index in [9.17, 15) is 4.79 Å². The van der Waals surface area contributed by atoms with Gasteiger partial charge in [0.15, 0.2) is 0 Å². The molecule has 1 aliphatic heterocycles. The first-order valence-corrected chi connectivity index (χ1v) is 5.03. The molecular weight excluding hydrogens is 208 g/mol. The van der Waals surface area contributed by atoms with Gasteiger partial charge < -0.3 is 21.7 Å². The lowest BCUT2D eigenvalue weighted by Crippen LogP contribution is -2.23. The number of hydrogen-bond acceptors (Lipinski definition) is 6. The van der Waals surface area contributed by atoms with Crippen LogP contribution in [0.25, 0.3) is 0 Å². The predicted molar refractivity (Wildman–Crippen MR) is 61.0 cm³/mol. The fourth-order valence-corrected chi connectivity index (χ4v) is 1.58. The fourth-order valence-electron chi connectivity index (χ4n) is 1.58. The summed E-state index contributed by atoms with van der Waals surface area (Å²) in [7, 11) is 1.76. The number of rotatable bonds is 3. The van der Waals surface area contributed by atoms with E-state index in [0.29, 0.717) is 24.6 Å². The van der Waals surface area contributed by atoms with Gasteiger partial charge in [-0.2, -0.15) is 9.97 Å². The van der Waals surface area contributed by atoms with Crippen molar-refractivity contribution in [1.82, 2.24) is 15.3 Å². The highest BCUT2D eigenvalue weighted by Crippen LogP contribution is 2.14. The van der Waals surface area contributed by atoms with Gasteiger partial charge >= 0.3 is 0 Å². The number of aromatic nitrogens is 2. The number of hydrogen-bond donors (Lipinski definition) is 4. The number of carbonyl (C=O) groups is 1. The SMILES string of the molecule is CNc1cc(NC2CNC(=O)C2)nc(N)n1. The van der Waals surface area contributed by atoms with Crippen molar-refractivity contribution in [2.24, 2.45) is 0 Å². The zero-order chi connectivity index (χ0) is 11.5. The van der Waals surface area contributed by atoms with E-state index in [1.807, 2.05) is 0 Å². The van der Waals surface area contributed by atoms with Crippen LogP contribution in [0.5, 0.6) is 0 Å². The molecule has 1 aliphatic rings. The molecule has 0 bridgehead atoms. The number of nitrogens with zero attached hydrogens (tertiary/aromatic N) is 2. The minimum Gasteiger partial charge on any atom is -0.373 e. The number of nitrogens with two attached hydrogens (primary N) is 1. The highest BCUT2D eigenvalue weighted by Gasteiger charge is 2.21. The van der Waals surface area contributed by atoms with Crippen molar-refractivity contribution in [3.63, 3.8) is 0 Å².